The Bertz CT molecular complexity index is 769. The van der Waals surface area contributed by atoms with E-state index in [0.717, 1.165) is 23.7 Å². The Kier molecular flexibility index (Phi) is 5.83. The minimum Gasteiger partial charge on any atom is -0.450 e. The first-order valence-corrected chi connectivity index (χ1v) is 8.82. The van der Waals surface area contributed by atoms with Crippen LogP contribution >= 0.6 is 0 Å². The van der Waals surface area contributed by atoms with Crippen molar-refractivity contribution in [1.29, 1.82) is 0 Å². The monoisotopic (exact) mass is 357 g/mol. The lowest BCUT2D eigenvalue weighted by atomic mass is 10.1. The molecule has 1 saturated heterocycles. The molecule has 0 atom stereocenters. The van der Waals surface area contributed by atoms with Gasteiger partial charge in [-0.2, -0.15) is 0 Å². The Labute approximate surface area is 151 Å². The summed E-state index contributed by atoms with van der Waals surface area (Å²) in [5, 5.41) is 6.96. The number of likely N-dealkylation sites (tertiary alicyclic amines) is 1. The smallest absolute Gasteiger partial charge is 0.409 e. The van der Waals surface area contributed by atoms with E-state index in [9.17, 15) is 9.59 Å². The van der Waals surface area contributed by atoms with Crippen LogP contribution in [-0.2, 0) is 9.53 Å². The lowest BCUT2D eigenvalue weighted by Crippen LogP contribution is -2.47. The van der Waals surface area contributed by atoms with Crippen molar-refractivity contribution in [2.24, 2.45) is 0 Å². The summed E-state index contributed by atoms with van der Waals surface area (Å²) in [6, 6.07) is 7.71. The second-order valence-corrected chi connectivity index (χ2v) is 6.12. The van der Waals surface area contributed by atoms with E-state index in [0.29, 0.717) is 25.5 Å². The molecular weight excluding hydrogens is 334 g/mol. The van der Waals surface area contributed by atoms with Gasteiger partial charge < -0.3 is 20.3 Å². The van der Waals surface area contributed by atoms with Gasteiger partial charge in [-0.3, -0.25) is 4.79 Å². The summed E-state index contributed by atoms with van der Waals surface area (Å²) in [7, 11) is 0. The van der Waals surface area contributed by atoms with Crippen LogP contribution < -0.4 is 10.6 Å². The number of aromatic nitrogens is 2. The topological polar surface area (TPSA) is 96.5 Å². The maximum Gasteiger partial charge on any atom is 0.409 e. The van der Waals surface area contributed by atoms with Crippen LogP contribution in [0.5, 0.6) is 0 Å². The molecule has 3 rings (SSSR count). The minimum absolute atomic E-state index is 0.0668. The standard InChI is InChI=1S/C18H23N5O3/c1-2-26-18(25)23-9-7-13(8-10-23)22-16(24)11-19-17-14-5-3-4-6-15(14)20-12-21-17/h3-6,12-13H,2,7-11H2,1H3,(H,22,24)(H,19,20,21). The van der Waals surface area contributed by atoms with Gasteiger partial charge in [-0.25, -0.2) is 14.8 Å². The summed E-state index contributed by atoms with van der Waals surface area (Å²) in [5.41, 5.74) is 0.830. The van der Waals surface area contributed by atoms with E-state index in [1.54, 1.807) is 11.8 Å². The Morgan fingerprint density at radius 2 is 2.00 bits per heavy atom. The number of ether oxygens (including phenoxy) is 1. The van der Waals surface area contributed by atoms with Gasteiger partial charge in [0.05, 0.1) is 18.7 Å². The quantitative estimate of drug-likeness (QED) is 0.847. The molecule has 1 aromatic carbocycles. The van der Waals surface area contributed by atoms with Gasteiger partial charge in [0.2, 0.25) is 5.91 Å². The molecule has 0 aliphatic carbocycles. The van der Waals surface area contributed by atoms with Gasteiger partial charge >= 0.3 is 6.09 Å². The highest BCUT2D eigenvalue weighted by Crippen LogP contribution is 2.18. The molecule has 0 saturated carbocycles. The number of nitrogens with zero attached hydrogens (tertiary/aromatic N) is 3. The molecule has 8 nitrogen and oxygen atoms in total. The highest BCUT2D eigenvalue weighted by atomic mass is 16.6. The third-order valence-electron chi connectivity index (χ3n) is 4.35. The zero-order valence-corrected chi connectivity index (χ0v) is 14.8. The summed E-state index contributed by atoms with van der Waals surface area (Å²) < 4.78 is 5.00. The average molecular weight is 357 g/mol. The van der Waals surface area contributed by atoms with Gasteiger partial charge in [-0.1, -0.05) is 12.1 Å². The van der Waals surface area contributed by atoms with Crippen LogP contribution in [0, 0.1) is 0 Å². The molecule has 1 aromatic heterocycles. The van der Waals surface area contributed by atoms with Crippen molar-refractivity contribution < 1.29 is 14.3 Å². The number of hydrogen-bond donors (Lipinski definition) is 2. The molecular formula is C18H23N5O3. The molecule has 0 bridgehead atoms. The molecule has 138 valence electrons. The highest BCUT2D eigenvalue weighted by molar-refractivity contribution is 5.90. The Balaban J connectivity index is 1.47. The highest BCUT2D eigenvalue weighted by Gasteiger charge is 2.24. The summed E-state index contributed by atoms with van der Waals surface area (Å²) >= 11 is 0. The molecule has 0 unspecified atom stereocenters. The van der Waals surface area contributed by atoms with Crippen molar-refractivity contribution in [1.82, 2.24) is 20.2 Å². The minimum atomic E-state index is -0.283. The van der Waals surface area contributed by atoms with E-state index in [4.69, 9.17) is 4.74 Å². The van der Waals surface area contributed by atoms with Crippen molar-refractivity contribution in [2.75, 3.05) is 31.6 Å². The zero-order valence-electron chi connectivity index (χ0n) is 14.8. The molecule has 0 radical (unpaired) electrons. The van der Waals surface area contributed by atoms with Crippen LogP contribution in [0.25, 0.3) is 10.9 Å². The second kappa shape index (κ2) is 8.46. The number of anilines is 1. The number of piperidine rings is 1. The van der Waals surface area contributed by atoms with Crippen molar-refractivity contribution in [3.05, 3.63) is 30.6 Å². The molecule has 1 aliphatic heterocycles. The Morgan fingerprint density at radius 3 is 2.77 bits per heavy atom. The molecule has 2 N–H and O–H groups in total. The first kappa shape index (κ1) is 17.9. The van der Waals surface area contributed by atoms with E-state index in [1.165, 1.54) is 6.33 Å². The largest absolute Gasteiger partial charge is 0.450 e. The Morgan fingerprint density at radius 1 is 1.23 bits per heavy atom. The summed E-state index contributed by atoms with van der Waals surface area (Å²) in [4.78, 5) is 34.0. The van der Waals surface area contributed by atoms with Crippen molar-refractivity contribution in [3.8, 4) is 0 Å². The molecule has 1 fully saturated rings. The predicted octanol–water partition coefficient (Wildman–Crippen LogP) is 1.78. The number of hydrogen-bond acceptors (Lipinski definition) is 6. The number of fused-ring (bicyclic) bond motifs is 1. The van der Waals surface area contributed by atoms with Crippen molar-refractivity contribution in [2.45, 2.75) is 25.8 Å². The SMILES string of the molecule is CCOC(=O)N1CCC(NC(=O)CNc2ncnc3ccccc23)CC1. The van der Waals surface area contributed by atoms with Gasteiger partial charge in [0.1, 0.15) is 12.1 Å². The maximum atomic E-state index is 12.2. The fourth-order valence-electron chi connectivity index (χ4n) is 3.01. The first-order valence-electron chi connectivity index (χ1n) is 8.82. The van der Waals surface area contributed by atoms with Gasteiger partial charge in [-0.15, -0.1) is 0 Å². The zero-order chi connectivity index (χ0) is 18.4. The van der Waals surface area contributed by atoms with Crippen LogP contribution in [0.4, 0.5) is 10.6 Å². The van der Waals surface area contributed by atoms with E-state index >= 15 is 0 Å². The molecule has 26 heavy (non-hydrogen) atoms. The normalized spacial score (nSPS) is 14.9. The van der Waals surface area contributed by atoms with Crippen LogP contribution in [0.15, 0.2) is 30.6 Å². The van der Waals surface area contributed by atoms with E-state index < -0.39 is 0 Å². The molecule has 2 heterocycles. The lowest BCUT2D eigenvalue weighted by molar-refractivity contribution is -0.120. The summed E-state index contributed by atoms with van der Waals surface area (Å²) in [5.74, 6) is 0.546. The third-order valence-corrected chi connectivity index (χ3v) is 4.35. The molecule has 2 aromatic rings. The van der Waals surface area contributed by atoms with Crippen LogP contribution in [-0.4, -0.2) is 59.2 Å². The number of para-hydroxylation sites is 1. The van der Waals surface area contributed by atoms with Gasteiger partial charge in [0.25, 0.3) is 0 Å². The van der Waals surface area contributed by atoms with Gasteiger partial charge in [-0.05, 0) is 31.9 Å². The van der Waals surface area contributed by atoms with Gasteiger partial charge in [0, 0.05) is 24.5 Å². The number of benzene rings is 1. The molecule has 0 spiro atoms. The van der Waals surface area contributed by atoms with Crippen LogP contribution in [0.3, 0.4) is 0 Å². The van der Waals surface area contributed by atoms with Gasteiger partial charge in [0.15, 0.2) is 0 Å². The third kappa shape index (κ3) is 4.38. The number of carbonyl (C=O) groups excluding carboxylic acids is 2. The molecule has 1 aliphatic rings. The van der Waals surface area contributed by atoms with Crippen molar-refractivity contribution in [3.63, 3.8) is 0 Å². The molecule has 2 amide bonds. The van der Waals surface area contributed by atoms with Crippen molar-refractivity contribution >= 4 is 28.7 Å². The van der Waals surface area contributed by atoms with Crippen LogP contribution in [0.1, 0.15) is 19.8 Å². The van der Waals surface area contributed by atoms with E-state index in [1.807, 2.05) is 24.3 Å². The predicted molar refractivity (Wildman–Crippen MR) is 97.8 cm³/mol. The summed E-state index contributed by atoms with van der Waals surface area (Å²) in [6.07, 6.45) is 2.64. The lowest BCUT2D eigenvalue weighted by Gasteiger charge is -2.31. The number of carbonyl (C=O) groups is 2. The Hall–Kier alpha value is -2.90. The first-order chi connectivity index (χ1) is 12.7. The number of nitrogens with one attached hydrogen (secondary N) is 2. The number of amides is 2. The maximum absolute atomic E-state index is 12.2. The molecule has 8 heteroatoms. The average Bonchev–Trinajstić information content (AvgIpc) is 2.67. The number of rotatable bonds is 5. The van der Waals surface area contributed by atoms with E-state index in [-0.39, 0.29) is 24.6 Å². The fourth-order valence-corrected chi connectivity index (χ4v) is 3.01. The summed E-state index contributed by atoms with van der Waals surface area (Å²) in [6.45, 7) is 3.48. The van der Waals surface area contributed by atoms with Crippen LogP contribution in [0.2, 0.25) is 0 Å². The second-order valence-electron chi connectivity index (χ2n) is 6.12. The van der Waals surface area contributed by atoms with E-state index in [2.05, 4.69) is 20.6 Å². The fraction of sp³-hybridized carbons (Fsp3) is 0.444.